The van der Waals surface area contributed by atoms with Gasteiger partial charge in [0.15, 0.2) is 16.6 Å². The number of hydrogen-bond acceptors (Lipinski definition) is 4. The van der Waals surface area contributed by atoms with Gasteiger partial charge in [0.2, 0.25) is 0 Å². The predicted molar refractivity (Wildman–Crippen MR) is 101 cm³/mol. The molecular weight excluding hydrogens is 360 g/mol. The van der Waals surface area contributed by atoms with Gasteiger partial charge >= 0.3 is 6.61 Å². The van der Waals surface area contributed by atoms with Gasteiger partial charge in [-0.2, -0.15) is 13.9 Å². The molecule has 0 saturated carbocycles. The SMILES string of the molecule is CCOc1cccc(/C=N\NC(=S)NCc2ccccc2)c1OC(F)F. The van der Waals surface area contributed by atoms with Crippen LogP contribution in [0.1, 0.15) is 18.1 Å². The number of ether oxygens (including phenoxy) is 2. The summed E-state index contributed by atoms with van der Waals surface area (Å²) in [4.78, 5) is 0. The molecule has 0 amide bonds. The molecule has 138 valence electrons. The van der Waals surface area contributed by atoms with Gasteiger partial charge in [0, 0.05) is 12.1 Å². The van der Waals surface area contributed by atoms with E-state index in [0.29, 0.717) is 23.8 Å². The van der Waals surface area contributed by atoms with Gasteiger partial charge in [-0.05, 0) is 36.8 Å². The summed E-state index contributed by atoms with van der Waals surface area (Å²) < 4.78 is 35.2. The van der Waals surface area contributed by atoms with E-state index < -0.39 is 6.61 Å². The van der Waals surface area contributed by atoms with Crippen LogP contribution in [0.3, 0.4) is 0 Å². The zero-order valence-electron chi connectivity index (χ0n) is 14.1. The smallest absolute Gasteiger partial charge is 0.387 e. The van der Waals surface area contributed by atoms with Gasteiger partial charge in [0.05, 0.1) is 12.8 Å². The normalized spacial score (nSPS) is 10.8. The van der Waals surface area contributed by atoms with E-state index in [0.717, 1.165) is 5.56 Å². The van der Waals surface area contributed by atoms with Crippen molar-refractivity contribution in [2.24, 2.45) is 5.10 Å². The second kappa shape index (κ2) is 10.3. The Hall–Kier alpha value is -2.74. The number of rotatable bonds is 8. The van der Waals surface area contributed by atoms with E-state index in [1.807, 2.05) is 30.3 Å². The Morgan fingerprint density at radius 3 is 2.65 bits per heavy atom. The van der Waals surface area contributed by atoms with Crippen LogP contribution in [0.5, 0.6) is 11.5 Å². The molecule has 2 aromatic carbocycles. The molecule has 0 aliphatic heterocycles. The molecule has 2 rings (SSSR count). The molecular formula is C18H19F2N3O2S. The second-order valence-electron chi connectivity index (χ2n) is 5.02. The molecule has 2 N–H and O–H groups in total. The summed E-state index contributed by atoms with van der Waals surface area (Å²) in [6.45, 7) is -0.343. The van der Waals surface area contributed by atoms with Crippen LogP contribution >= 0.6 is 12.2 Å². The van der Waals surface area contributed by atoms with Crippen molar-refractivity contribution in [3.63, 3.8) is 0 Å². The summed E-state index contributed by atoms with van der Waals surface area (Å²) >= 11 is 5.13. The first-order chi connectivity index (χ1) is 12.6. The number of nitrogens with one attached hydrogen (secondary N) is 2. The Labute approximate surface area is 156 Å². The minimum atomic E-state index is -2.97. The standard InChI is InChI=1S/C18H19F2N3O2S/c1-2-24-15-10-6-9-14(16(15)25-17(19)20)12-22-23-18(26)21-11-13-7-4-3-5-8-13/h3-10,12,17H,2,11H2,1H3,(H2,21,23,26)/b22-12-. The van der Waals surface area contributed by atoms with E-state index in [2.05, 4.69) is 20.6 Å². The van der Waals surface area contributed by atoms with Gasteiger partial charge in [-0.3, -0.25) is 5.43 Å². The average molecular weight is 379 g/mol. The summed E-state index contributed by atoms with van der Waals surface area (Å²) in [7, 11) is 0. The van der Waals surface area contributed by atoms with Crippen molar-refractivity contribution in [1.82, 2.24) is 10.7 Å². The second-order valence-corrected chi connectivity index (χ2v) is 5.43. The zero-order valence-corrected chi connectivity index (χ0v) is 14.9. The largest absolute Gasteiger partial charge is 0.490 e. The molecule has 0 fully saturated rings. The van der Waals surface area contributed by atoms with Crippen molar-refractivity contribution < 1.29 is 18.3 Å². The number of para-hydroxylation sites is 1. The Morgan fingerprint density at radius 1 is 1.19 bits per heavy atom. The first kappa shape index (κ1) is 19.6. The summed E-state index contributed by atoms with van der Waals surface area (Å²) in [5, 5.41) is 7.27. The van der Waals surface area contributed by atoms with E-state index in [-0.39, 0.29) is 11.5 Å². The number of hydrazone groups is 1. The van der Waals surface area contributed by atoms with Crippen LogP contribution in [0.15, 0.2) is 53.6 Å². The maximum absolute atomic E-state index is 12.7. The van der Waals surface area contributed by atoms with Crippen molar-refractivity contribution in [3.8, 4) is 11.5 Å². The van der Waals surface area contributed by atoms with Crippen LogP contribution in [-0.2, 0) is 6.54 Å². The minimum absolute atomic E-state index is 0.0712. The average Bonchev–Trinajstić information content (AvgIpc) is 2.63. The van der Waals surface area contributed by atoms with Crippen LogP contribution in [0.4, 0.5) is 8.78 Å². The topological polar surface area (TPSA) is 54.9 Å². The maximum atomic E-state index is 12.7. The van der Waals surface area contributed by atoms with Gasteiger partial charge < -0.3 is 14.8 Å². The highest BCUT2D eigenvalue weighted by atomic mass is 32.1. The van der Waals surface area contributed by atoms with Crippen LogP contribution in [-0.4, -0.2) is 24.5 Å². The first-order valence-electron chi connectivity index (χ1n) is 7.91. The highest BCUT2D eigenvalue weighted by molar-refractivity contribution is 7.80. The van der Waals surface area contributed by atoms with Gasteiger partial charge in [-0.25, -0.2) is 0 Å². The lowest BCUT2D eigenvalue weighted by Crippen LogP contribution is -2.31. The number of thiocarbonyl (C=S) groups is 1. The summed E-state index contributed by atoms with van der Waals surface area (Å²) in [6.07, 6.45) is 1.34. The number of alkyl halides is 2. The van der Waals surface area contributed by atoms with Crippen LogP contribution in [0.25, 0.3) is 0 Å². The Kier molecular flexibility index (Phi) is 7.75. The fourth-order valence-corrected chi connectivity index (χ4v) is 2.22. The lowest BCUT2D eigenvalue weighted by atomic mass is 10.2. The molecule has 0 unspecified atom stereocenters. The van der Waals surface area contributed by atoms with Gasteiger partial charge in [-0.15, -0.1) is 0 Å². The minimum Gasteiger partial charge on any atom is -0.490 e. The van der Waals surface area contributed by atoms with E-state index in [1.54, 1.807) is 25.1 Å². The molecule has 0 atom stereocenters. The highest BCUT2D eigenvalue weighted by Crippen LogP contribution is 2.31. The van der Waals surface area contributed by atoms with Crippen molar-refractivity contribution in [1.29, 1.82) is 0 Å². The van der Waals surface area contributed by atoms with E-state index >= 15 is 0 Å². The maximum Gasteiger partial charge on any atom is 0.387 e. The molecule has 0 saturated heterocycles. The third-order valence-electron chi connectivity index (χ3n) is 3.18. The first-order valence-corrected chi connectivity index (χ1v) is 8.32. The summed E-state index contributed by atoms with van der Waals surface area (Å²) in [5.41, 5.74) is 4.05. The fraction of sp³-hybridized carbons (Fsp3) is 0.222. The van der Waals surface area contributed by atoms with E-state index in [1.165, 1.54) is 6.21 Å². The zero-order chi connectivity index (χ0) is 18.8. The third-order valence-corrected chi connectivity index (χ3v) is 3.42. The molecule has 0 aliphatic carbocycles. The molecule has 0 aliphatic rings. The van der Waals surface area contributed by atoms with Crippen LogP contribution < -0.4 is 20.2 Å². The number of hydrogen-bond donors (Lipinski definition) is 2. The number of halogens is 2. The van der Waals surface area contributed by atoms with E-state index in [9.17, 15) is 8.78 Å². The highest BCUT2D eigenvalue weighted by Gasteiger charge is 2.14. The van der Waals surface area contributed by atoms with Crippen molar-refractivity contribution in [2.75, 3.05) is 6.61 Å². The molecule has 0 spiro atoms. The Bertz CT molecular complexity index is 742. The molecule has 26 heavy (non-hydrogen) atoms. The van der Waals surface area contributed by atoms with Gasteiger partial charge in [0.25, 0.3) is 0 Å². The van der Waals surface area contributed by atoms with Crippen molar-refractivity contribution >= 4 is 23.5 Å². The predicted octanol–water partition coefficient (Wildman–Crippen LogP) is 3.68. The fourth-order valence-electron chi connectivity index (χ4n) is 2.10. The number of nitrogens with zero attached hydrogens (tertiary/aromatic N) is 1. The van der Waals surface area contributed by atoms with Crippen LogP contribution in [0, 0.1) is 0 Å². The van der Waals surface area contributed by atoms with Gasteiger partial charge in [0.1, 0.15) is 0 Å². The van der Waals surface area contributed by atoms with Crippen molar-refractivity contribution in [3.05, 3.63) is 59.7 Å². The molecule has 0 radical (unpaired) electrons. The summed E-state index contributed by atoms with van der Waals surface area (Å²) in [5.74, 6) is 0.152. The lowest BCUT2D eigenvalue weighted by Gasteiger charge is -2.13. The third kappa shape index (κ3) is 6.29. The van der Waals surface area contributed by atoms with Gasteiger partial charge in [-0.1, -0.05) is 36.4 Å². The van der Waals surface area contributed by atoms with E-state index in [4.69, 9.17) is 17.0 Å². The molecule has 0 heterocycles. The molecule has 2 aromatic rings. The Morgan fingerprint density at radius 2 is 1.96 bits per heavy atom. The molecule has 0 bridgehead atoms. The summed E-state index contributed by atoms with van der Waals surface area (Å²) in [6, 6.07) is 14.5. The molecule has 8 heteroatoms. The number of benzene rings is 2. The van der Waals surface area contributed by atoms with Crippen molar-refractivity contribution in [2.45, 2.75) is 20.1 Å². The monoisotopic (exact) mass is 379 g/mol. The Balaban J connectivity index is 1.98. The lowest BCUT2D eigenvalue weighted by molar-refractivity contribution is -0.0515. The molecule has 5 nitrogen and oxygen atoms in total. The quantitative estimate of drug-likeness (QED) is 0.416. The molecule has 0 aromatic heterocycles. The van der Waals surface area contributed by atoms with Crippen LogP contribution in [0.2, 0.25) is 0 Å².